The number of halogens is 4. The van der Waals surface area contributed by atoms with Crippen LogP contribution >= 0.6 is 11.6 Å². The van der Waals surface area contributed by atoms with Gasteiger partial charge in [0, 0.05) is 0 Å². The molecule has 6 heteroatoms. The number of rotatable bonds is 0. The summed E-state index contributed by atoms with van der Waals surface area (Å²) < 4.78 is 36.5. The van der Waals surface area contributed by atoms with Gasteiger partial charge in [-0.25, -0.2) is 0 Å². The molecule has 72 valence electrons. The lowest BCUT2D eigenvalue weighted by Gasteiger charge is -2.11. The van der Waals surface area contributed by atoms with Gasteiger partial charge in [0.2, 0.25) is 0 Å². The van der Waals surface area contributed by atoms with Gasteiger partial charge in [-0.3, -0.25) is 0 Å². The van der Waals surface area contributed by atoms with Crippen LogP contribution in [0.15, 0.2) is 12.1 Å². The van der Waals surface area contributed by atoms with Crippen molar-refractivity contribution < 1.29 is 13.2 Å². The number of nitrogen functional groups attached to an aromatic ring is 2. The van der Waals surface area contributed by atoms with Crippen LogP contribution in [0, 0.1) is 0 Å². The van der Waals surface area contributed by atoms with Gasteiger partial charge in [-0.05, 0) is 12.1 Å². The Balaban J connectivity index is 3.35. The normalized spacial score (nSPS) is 11.7. The molecule has 0 unspecified atom stereocenters. The van der Waals surface area contributed by atoms with Crippen LogP contribution in [-0.2, 0) is 6.18 Å². The van der Waals surface area contributed by atoms with Crippen LogP contribution in [0.5, 0.6) is 0 Å². The molecule has 0 saturated heterocycles. The van der Waals surface area contributed by atoms with Gasteiger partial charge in [-0.15, -0.1) is 0 Å². The fourth-order valence-corrected chi connectivity index (χ4v) is 1.02. The molecule has 1 rings (SSSR count). The molecule has 0 aliphatic carbocycles. The van der Waals surface area contributed by atoms with E-state index in [1.165, 1.54) is 0 Å². The van der Waals surface area contributed by atoms with E-state index in [-0.39, 0.29) is 10.7 Å². The predicted octanol–water partition coefficient (Wildman–Crippen LogP) is 2.52. The van der Waals surface area contributed by atoms with Crippen LogP contribution in [-0.4, -0.2) is 0 Å². The molecule has 0 aromatic heterocycles. The van der Waals surface area contributed by atoms with E-state index in [0.29, 0.717) is 0 Å². The highest BCUT2D eigenvalue weighted by molar-refractivity contribution is 6.35. The number of hydrogen-bond acceptors (Lipinski definition) is 2. The maximum Gasteiger partial charge on any atom is 0.418 e. The number of anilines is 2. The van der Waals surface area contributed by atoms with Crippen LogP contribution in [0.1, 0.15) is 5.56 Å². The molecule has 0 amide bonds. The summed E-state index contributed by atoms with van der Waals surface area (Å²) >= 11 is 5.44. The number of nitrogens with two attached hydrogens (primary N) is 2. The summed E-state index contributed by atoms with van der Waals surface area (Å²) in [6.45, 7) is 0. The monoisotopic (exact) mass is 210 g/mol. The molecule has 0 bridgehead atoms. The third kappa shape index (κ3) is 1.80. The second-order valence-electron chi connectivity index (χ2n) is 2.43. The van der Waals surface area contributed by atoms with Crippen molar-refractivity contribution in [3.63, 3.8) is 0 Å². The van der Waals surface area contributed by atoms with Crippen LogP contribution in [0.3, 0.4) is 0 Å². The van der Waals surface area contributed by atoms with E-state index < -0.39 is 17.4 Å². The molecule has 0 spiro atoms. The Labute approximate surface area is 77.3 Å². The first-order valence-corrected chi connectivity index (χ1v) is 3.62. The highest BCUT2D eigenvalue weighted by atomic mass is 35.5. The lowest BCUT2D eigenvalue weighted by Crippen LogP contribution is -2.09. The minimum Gasteiger partial charge on any atom is -0.397 e. The zero-order valence-electron chi connectivity index (χ0n) is 6.32. The molecule has 0 radical (unpaired) electrons. The summed E-state index contributed by atoms with van der Waals surface area (Å²) in [5.74, 6) is 0. The summed E-state index contributed by atoms with van der Waals surface area (Å²) in [6, 6.07) is 1.87. The maximum absolute atomic E-state index is 12.2. The van der Waals surface area contributed by atoms with E-state index in [1.807, 2.05) is 0 Å². The predicted molar refractivity (Wildman–Crippen MR) is 45.3 cm³/mol. The summed E-state index contributed by atoms with van der Waals surface area (Å²) in [5.41, 5.74) is 8.93. The molecule has 4 N–H and O–H groups in total. The maximum atomic E-state index is 12.2. The summed E-state index contributed by atoms with van der Waals surface area (Å²) in [7, 11) is 0. The highest BCUT2D eigenvalue weighted by Crippen LogP contribution is 2.38. The second kappa shape index (κ2) is 2.99. The molecule has 0 aliphatic heterocycles. The Morgan fingerprint density at radius 3 is 2.15 bits per heavy atom. The van der Waals surface area contributed by atoms with Crippen molar-refractivity contribution in [3.05, 3.63) is 22.7 Å². The number of alkyl halides is 3. The number of hydrogen-bond donors (Lipinski definition) is 2. The van der Waals surface area contributed by atoms with Gasteiger partial charge >= 0.3 is 6.18 Å². The van der Waals surface area contributed by atoms with Gasteiger partial charge in [0.1, 0.15) is 0 Å². The molecule has 0 saturated carbocycles. The Morgan fingerprint density at radius 2 is 1.69 bits per heavy atom. The Hall–Kier alpha value is -1.10. The quantitative estimate of drug-likeness (QED) is 0.647. The van der Waals surface area contributed by atoms with Crippen LogP contribution < -0.4 is 11.5 Å². The van der Waals surface area contributed by atoms with Crippen molar-refractivity contribution in [1.29, 1.82) is 0 Å². The van der Waals surface area contributed by atoms with Gasteiger partial charge < -0.3 is 11.5 Å². The first-order chi connectivity index (χ1) is 5.84. The SMILES string of the molecule is Nc1ccc(C(F)(F)F)c(N)c1Cl. The van der Waals surface area contributed by atoms with E-state index >= 15 is 0 Å². The van der Waals surface area contributed by atoms with Crippen molar-refractivity contribution in [2.75, 3.05) is 11.5 Å². The van der Waals surface area contributed by atoms with Gasteiger partial charge in [-0.1, -0.05) is 11.6 Å². The Kier molecular flexibility index (Phi) is 2.30. The van der Waals surface area contributed by atoms with Crippen LogP contribution in [0.25, 0.3) is 0 Å². The van der Waals surface area contributed by atoms with E-state index in [9.17, 15) is 13.2 Å². The third-order valence-electron chi connectivity index (χ3n) is 1.52. The van der Waals surface area contributed by atoms with Gasteiger partial charge in [0.25, 0.3) is 0 Å². The van der Waals surface area contributed by atoms with Gasteiger partial charge in [0.05, 0.1) is 22.0 Å². The van der Waals surface area contributed by atoms with E-state index in [1.54, 1.807) is 0 Å². The average Bonchev–Trinajstić information content (AvgIpc) is 1.98. The zero-order valence-corrected chi connectivity index (χ0v) is 7.08. The minimum atomic E-state index is -4.50. The lowest BCUT2D eigenvalue weighted by atomic mass is 10.1. The fraction of sp³-hybridized carbons (Fsp3) is 0.143. The van der Waals surface area contributed by atoms with Crippen molar-refractivity contribution in [2.24, 2.45) is 0 Å². The highest BCUT2D eigenvalue weighted by Gasteiger charge is 2.33. The smallest absolute Gasteiger partial charge is 0.397 e. The molecule has 1 aromatic rings. The van der Waals surface area contributed by atoms with Gasteiger partial charge in [0.15, 0.2) is 0 Å². The Morgan fingerprint density at radius 1 is 1.15 bits per heavy atom. The summed E-state index contributed by atoms with van der Waals surface area (Å²) in [5, 5.41) is -0.255. The fourth-order valence-electron chi connectivity index (χ4n) is 0.857. The molecule has 1 aromatic carbocycles. The summed E-state index contributed by atoms with van der Waals surface area (Å²) in [6.07, 6.45) is -4.50. The molecular formula is C7H6ClF3N2. The number of benzene rings is 1. The lowest BCUT2D eigenvalue weighted by molar-refractivity contribution is -0.136. The zero-order chi connectivity index (χ0) is 10.2. The van der Waals surface area contributed by atoms with E-state index in [4.69, 9.17) is 23.1 Å². The molecular weight excluding hydrogens is 205 g/mol. The standard InChI is InChI=1S/C7H6ClF3N2/c8-5-4(12)2-1-3(6(5)13)7(9,10)11/h1-2H,12-13H2. The van der Waals surface area contributed by atoms with Crippen LogP contribution in [0.2, 0.25) is 5.02 Å². The molecule has 0 atom stereocenters. The largest absolute Gasteiger partial charge is 0.418 e. The molecule has 0 fully saturated rings. The minimum absolute atomic E-state index is 0.0344. The van der Waals surface area contributed by atoms with Crippen molar-refractivity contribution >= 4 is 23.0 Å². The summed E-state index contributed by atoms with van der Waals surface area (Å²) in [4.78, 5) is 0. The first kappa shape index (κ1) is 9.98. The molecule has 2 nitrogen and oxygen atoms in total. The first-order valence-electron chi connectivity index (χ1n) is 3.24. The topological polar surface area (TPSA) is 52.0 Å². The van der Waals surface area contributed by atoms with E-state index in [0.717, 1.165) is 12.1 Å². The van der Waals surface area contributed by atoms with Gasteiger partial charge in [-0.2, -0.15) is 13.2 Å². The third-order valence-corrected chi connectivity index (χ3v) is 1.94. The van der Waals surface area contributed by atoms with Crippen molar-refractivity contribution in [2.45, 2.75) is 6.18 Å². The molecule has 0 heterocycles. The van der Waals surface area contributed by atoms with Crippen molar-refractivity contribution in [1.82, 2.24) is 0 Å². The van der Waals surface area contributed by atoms with E-state index in [2.05, 4.69) is 0 Å². The molecule has 0 aliphatic rings. The molecule has 13 heavy (non-hydrogen) atoms. The second-order valence-corrected chi connectivity index (χ2v) is 2.81. The average molecular weight is 211 g/mol. The van der Waals surface area contributed by atoms with Crippen molar-refractivity contribution in [3.8, 4) is 0 Å². The van der Waals surface area contributed by atoms with Crippen LogP contribution in [0.4, 0.5) is 24.5 Å². The Bertz CT molecular complexity index is 335.